The highest BCUT2D eigenvalue weighted by atomic mass is 35.5. The standard InChI is InChI=1S/C28H30N4O2.2C25H22N4O.C20H19ClN4O.C20H19N3O/c1-28(2,3)18-32-14-11-19-15-20(7-9-22(19)27(32)34)25-17-29-23-10-8-21(16-24(23)30-25)26(33)31-12-5-4-6-13-31;30-25(29-14-5-2-6-15-29)19-11-12-21-22(16-19)27-24(18-8-3-1-4-9-18)28-23(21)20-10-7-13-26-17-20;30-25(29-15-5-2-6-16-29)20-9-10-21-22(17-20)27-24(19-7-3-1-4-8-19)28-23(21)18-11-13-26-14-12-18;1-13-16(21)9-15(11-22-13)19-12-23-17-6-5-14(10-18(17)24-19)20(26)25-7-3-2-4-8-25;24-20(23-11-5-2-6-12-23)16-9-10-17-14-21-19(22-18(17)13-16)15-7-3-1-4-8-15/h7-11,14-17H,4-6,12-13,18H2,1-3H3;1,3-4,7-13,16-17H,2,5-6,14-15H2;1,3-4,7-14,17H,2,5-6,15-16H2;5-6,9-12H,2-4,7-8H2,1H3;1,3-4,7-10,13-14H,2,5-6,11-12H2. The number of fused-ring (bicyclic) bond motifs is 6. The summed E-state index contributed by atoms with van der Waals surface area (Å²) in [5.41, 5.74) is 19.0. The van der Waals surface area contributed by atoms with Gasteiger partial charge in [0, 0.05) is 204 Å². The minimum Gasteiger partial charge on any atom is -0.339 e. The van der Waals surface area contributed by atoms with E-state index in [2.05, 4.69) is 60.6 Å². The van der Waals surface area contributed by atoms with Gasteiger partial charge in [0.2, 0.25) is 0 Å². The molecule has 0 bridgehead atoms. The number of aromatic nitrogens is 14. The Hall–Kier alpha value is -16.0. The van der Waals surface area contributed by atoms with Crippen LogP contribution in [0.25, 0.3) is 145 Å². The summed E-state index contributed by atoms with van der Waals surface area (Å²) in [6.07, 6.45) is 32.7. The Kier molecular flexibility index (Phi) is 30.2. The molecule has 722 valence electrons. The number of rotatable bonds is 13. The van der Waals surface area contributed by atoms with Crippen molar-refractivity contribution in [2.75, 3.05) is 65.4 Å². The van der Waals surface area contributed by atoms with Crippen LogP contribution in [0.2, 0.25) is 5.02 Å². The molecule has 26 heteroatoms. The van der Waals surface area contributed by atoms with Gasteiger partial charge in [0.25, 0.3) is 35.1 Å². The number of benzene rings is 9. The van der Waals surface area contributed by atoms with Crippen molar-refractivity contribution in [1.29, 1.82) is 0 Å². The summed E-state index contributed by atoms with van der Waals surface area (Å²) in [5.74, 6) is 2.38. The molecule has 5 saturated heterocycles. The molecule has 23 rings (SSSR count). The predicted octanol–water partition coefficient (Wildman–Crippen LogP) is 23.5. The second-order valence-corrected chi connectivity index (χ2v) is 38.8. The maximum Gasteiger partial charge on any atom is 0.258 e. The van der Waals surface area contributed by atoms with Crippen LogP contribution < -0.4 is 5.56 Å². The van der Waals surface area contributed by atoms with Gasteiger partial charge in [0.15, 0.2) is 17.5 Å². The maximum atomic E-state index is 13.0. The first-order valence-corrected chi connectivity index (χ1v) is 50.3. The lowest BCUT2D eigenvalue weighted by atomic mass is 9.96. The van der Waals surface area contributed by atoms with Crippen LogP contribution in [0.1, 0.15) is 175 Å². The van der Waals surface area contributed by atoms with Crippen molar-refractivity contribution in [2.45, 2.75) is 131 Å². The molecule has 0 saturated carbocycles. The van der Waals surface area contributed by atoms with Gasteiger partial charge in [-0.25, -0.2) is 39.9 Å². The van der Waals surface area contributed by atoms with Crippen LogP contribution in [0.15, 0.2) is 297 Å². The molecule has 25 nitrogen and oxygen atoms in total. The lowest BCUT2D eigenvalue weighted by Crippen LogP contribution is -2.35. The molecule has 0 spiro atoms. The number of halogens is 1. The summed E-state index contributed by atoms with van der Waals surface area (Å²) < 4.78 is 1.78. The van der Waals surface area contributed by atoms with Gasteiger partial charge in [-0.1, -0.05) is 136 Å². The molecule has 14 heterocycles. The first-order chi connectivity index (χ1) is 70.3. The van der Waals surface area contributed by atoms with Crippen LogP contribution in [0.5, 0.6) is 0 Å². The minimum atomic E-state index is 0.0180. The number of aryl methyl sites for hydroxylation is 1. The van der Waals surface area contributed by atoms with E-state index in [1.807, 2.05) is 287 Å². The Morgan fingerprint density at radius 2 is 0.701 bits per heavy atom. The average molecular weight is 1930 g/mol. The molecule has 9 aromatic carbocycles. The van der Waals surface area contributed by atoms with E-state index in [1.54, 1.807) is 41.7 Å². The zero-order chi connectivity index (χ0) is 99.0. The van der Waals surface area contributed by atoms with Crippen molar-refractivity contribution in [3.8, 4) is 79.2 Å². The summed E-state index contributed by atoms with van der Waals surface area (Å²) in [7, 11) is 0. The second kappa shape index (κ2) is 44.8. The van der Waals surface area contributed by atoms with E-state index in [0.717, 1.165) is 241 Å². The van der Waals surface area contributed by atoms with E-state index in [-0.39, 0.29) is 40.5 Å². The van der Waals surface area contributed by atoms with Gasteiger partial charge >= 0.3 is 0 Å². The van der Waals surface area contributed by atoms with Gasteiger partial charge in [-0.3, -0.25) is 53.7 Å². The van der Waals surface area contributed by atoms with Crippen molar-refractivity contribution >= 4 is 107 Å². The summed E-state index contributed by atoms with van der Waals surface area (Å²) in [6.45, 7) is 17.2. The molecule has 144 heavy (non-hydrogen) atoms. The quantitative estimate of drug-likeness (QED) is 0.104. The highest BCUT2D eigenvalue weighted by Crippen LogP contribution is 2.36. The van der Waals surface area contributed by atoms with Crippen molar-refractivity contribution in [3.63, 3.8) is 0 Å². The van der Waals surface area contributed by atoms with Crippen LogP contribution in [0.4, 0.5) is 0 Å². The number of carbonyl (C=O) groups is 5. The Labute approximate surface area is 841 Å². The number of nitrogens with zero attached hydrogens (tertiary/aromatic N) is 19. The fourth-order valence-electron chi connectivity index (χ4n) is 19.0. The van der Waals surface area contributed by atoms with E-state index < -0.39 is 0 Å². The first kappa shape index (κ1) is 96.8. The van der Waals surface area contributed by atoms with E-state index in [1.165, 1.54) is 32.1 Å². The smallest absolute Gasteiger partial charge is 0.258 e. The molecule has 5 fully saturated rings. The van der Waals surface area contributed by atoms with Gasteiger partial charge in [-0.15, -0.1) is 0 Å². The van der Waals surface area contributed by atoms with Crippen LogP contribution >= 0.6 is 11.6 Å². The van der Waals surface area contributed by atoms with Crippen LogP contribution in [-0.4, -0.2) is 189 Å². The highest BCUT2D eigenvalue weighted by Gasteiger charge is 2.28. The SMILES string of the molecule is CC(C)(C)Cn1ccc2cc(-c3cnc4ccc(C(=O)N5CCCCC5)cc4n3)ccc2c1=O.Cc1ncc(-c2cnc3ccc(C(=O)N4CCCCC4)cc3n2)cc1Cl.O=C(c1ccc2c(-c3cccnc3)nc(-c3ccccc3)nc2c1)N1CCCCC1.O=C(c1ccc2c(-c3ccncc3)nc(-c3ccccc3)nc2c1)N1CCCCC1.O=C(c1ccc2cnc(-c3ccccc3)nc2c1)N1CCCCC1. The van der Waals surface area contributed by atoms with Crippen molar-refractivity contribution in [1.82, 2.24) is 93.9 Å². The van der Waals surface area contributed by atoms with Crippen LogP contribution in [0, 0.1) is 12.3 Å². The third kappa shape index (κ3) is 23.1. The molecule has 0 radical (unpaired) electrons. The third-order valence-electron chi connectivity index (χ3n) is 26.7. The molecule has 0 unspecified atom stereocenters. The van der Waals surface area contributed by atoms with E-state index in [4.69, 9.17) is 36.5 Å². The topological polar surface area (TPSA) is 291 Å². The lowest BCUT2D eigenvalue weighted by Gasteiger charge is -2.26. The maximum absolute atomic E-state index is 13.0. The van der Waals surface area contributed by atoms with Gasteiger partial charge in [0.05, 0.1) is 84.5 Å². The summed E-state index contributed by atoms with van der Waals surface area (Å²) in [6, 6.07) is 75.4. The average Bonchev–Trinajstić information content (AvgIpc) is 0.789. The van der Waals surface area contributed by atoms with Gasteiger partial charge in [-0.05, 0) is 247 Å². The Balaban J connectivity index is 0.000000114. The molecule has 18 aromatic rings. The molecule has 5 aliphatic heterocycles. The summed E-state index contributed by atoms with van der Waals surface area (Å²) in [5, 5.41) is 4.96. The normalized spacial score (nSPS) is 14.4. The van der Waals surface area contributed by atoms with E-state index in [0.29, 0.717) is 79.0 Å². The zero-order valence-electron chi connectivity index (χ0n) is 81.4. The molecule has 5 aliphatic rings. The van der Waals surface area contributed by atoms with E-state index >= 15 is 0 Å². The first-order valence-electron chi connectivity index (χ1n) is 49.9. The van der Waals surface area contributed by atoms with Gasteiger partial charge < -0.3 is 29.1 Å². The molecule has 9 aromatic heterocycles. The fourth-order valence-corrected chi connectivity index (χ4v) is 19.2. The van der Waals surface area contributed by atoms with Crippen molar-refractivity contribution in [2.24, 2.45) is 5.41 Å². The molecule has 0 aliphatic carbocycles. The molecular formula is C118H112ClN19O6. The van der Waals surface area contributed by atoms with Gasteiger partial charge in [-0.2, -0.15) is 0 Å². The fraction of sp³-hybridized carbons (Fsp3) is 0.263. The third-order valence-corrected chi connectivity index (χ3v) is 27.1. The molecular weight excluding hydrogens is 1810 g/mol. The van der Waals surface area contributed by atoms with Crippen molar-refractivity contribution < 1.29 is 24.0 Å². The summed E-state index contributed by atoms with van der Waals surface area (Å²) in [4.78, 5) is 147. The second-order valence-electron chi connectivity index (χ2n) is 38.4. The predicted molar refractivity (Wildman–Crippen MR) is 569 cm³/mol. The number of hydrogen-bond donors (Lipinski definition) is 0. The van der Waals surface area contributed by atoms with Crippen LogP contribution in [-0.2, 0) is 6.54 Å². The number of hydrogen-bond acceptors (Lipinski definition) is 19. The van der Waals surface area contributed by atoms with Crippen molar-refractivity contribution in [3.05, 3.63) is 341 Å². The number of likely N-dealkylation sites (tertiary alicyclic amines) is 5. The number of amides is 5. The number of pyridine rings is 4. The lowest BCUT2D eigenvalue weighted by molar-refractivity contribution is 0.0717. The molecule has 0 atom stereocenters. The Morgan fingerprint density at radius 1 is 0.299 bits per heavy atom. The number of carbonyl (C=O) groups excluding carboxylic acids is 5. The molecule has 5 amide bonds. The number of piperidine rings is 5. The largest absolute Gasteiger partial charge is 0.339 e. The Bertz CT molecular complexity index is 7590. The summed E-state index contributed by atoms with van der Waals surface area (Å²) >= 11 is 6.17. The minimum absolute atomic E-state index is 0.0180. The highest BCUT2D eigenvalue weighted by molar-refractivity contribution is 6.31. The zero-order valence-corrected chi connectivity index (χ0v) is 82.2. The monoisotopic (exact) mass is 1930 g/mol. The van der Waals surface area contributed by atoms with Crippen LogP contribution in [0.3, 0.4) is 0 Å². The Morgan fingerprint density at radius 3 is 1.15 bits per heavy atom. The molecule has 0 N–H and O–H groups in total. The van der Waals surface area contributed by atoms with E-state index in [9.17, 15) is 28.8 Å². The van der Waals surface area contributed by atoms with Gasteiger partial charge in [0.1, 0.15) is 0 Å².